The van der Waals surface area contributed by atoms with Gasteiger partial charge in [0.1, 0.15) is 17.5 Å². The molecule has 0 spiro atoms. The third-order valence-electron chi connectivity index (χ3n) is 5.31. The minimum Gasteiger partial charge on any atom is -0.496 e. The second-order valence-electron chi connectivity index (χ2n) is 7.74. The van der Waals surface area contributed by atoms with Gasteiger partial charge in [-0.2, -0.15) is 4.72 Å². The number of amides is 1. The van der Waals surface area contributed by atoms with Crippen molar-refractivity contribution < 1.29 is 22.7 Å². The maximum atomic E-state index is 13.3. The lowest BCUT2D eigenvalue weighted by molar-refractivity contribution is -0.123. The summed E-state index contributed by atoms with van der Waals surface area (Å²) in [5.41, 5.74) is 1.63. The van der Waals surface area contributed by atoms with Crippen LogP contribution in [-0.4, -0.2) is 34.1 Å². The van der Waals surface area contributed by atoms with Crippen LogP contribution >= 0.6 is 0 Å². The van der Waals surface area contributed by atoms with Crippen molar-refractivity contribution in [1.82, 2.24) is 10.0 Å². The van der Waals surface area contributed by atoms with Gasteiger partial charge in [-0.05, 0) is 56.2 Å². The van der Waals surface area contributed by atoms with E-state index in [1.165, 1.54) is 12.1 Å². The van der Waals surface area contributed by atoms with Crippen LogP contribution in [0.2, 0.25) is 0 Å². The zero-order chi connectivity index (χ0) is 24.6. The Bertz CT molecular complexity index is 1180. The molecular formula is C26H30N2O5S. The van der Waals surface area contributed by atoms with Crippen LogP contribution < -0.4 is 19.5 Å². The van der Waals surface area contributed by atoms with E-state index in [0.29, 0.717) is 18.1 Å². The number of rotatable bonds is 11. The summed E-state index contributed by atoms with van der Waals surface area (Å²) in [5, 5.41) is 2.93. The molecule has 0 saturated heterocycles. The van der Waals surface area contributed by atoms with Crippen LogP contribution in [0.25, 0.3) is 0 Å². The number of carbonyl (C=O) groups is 1. The highest BCUT2D eigenvalue weighted by Crippen LogP contribution is 2.24. The topological polar surface area (TPSA) is 93.7 Å². The first-order valence-electron chi connectivity index (χ1n) is 11.1. The van der Waals surface area contributed by atoms with E-state index in [1.54, 1.807) is 19.2 Å². The first-order chi connectivity index (χ1) is 16.3. The van der Waals surface area contributed by atoms with Gasteiger partial charge in [0, 0.05) is 5.56 Å². The lowest BCUT2D eigenvalue weighted by Gasteiger charge is -2.23. The van der Waals surface area contributed by atoms with Crippen LogP contribution in [0.4, 0.5) is 0 Å². The van der Waals surface area contributed by atoms with Gasteiger partial charge in [0.15, 0.2) is 0 Å². The Labute approximate surface area is 201 Å². The summed E-state index contributed by atoms with van der Waals surface area (Å²) >= 11 is 0. The normalized spacial score (nSPS) is 13.0. The van der Waals surface area contributed by atoms with Gasteiger partial charge in [-0.3, -0.25) is 4.79 Å². The summed E-state index contributed by atoms with van der Waals surface area (Å²) in [5.74, 6) is 0.785. The van der Waals surface area contributed by atoms with Crippen LogP contribution in [0.3, 0.4) is 0 Å². The van der Waals surface area contributed by atoms with Crippen molar-refractivity contribution in [2.45, 2.75) is 37.2 Å². The first-order valence-corrected chi connectivity index (χ1v) is 12.5. The fraction of sp³-hybridized carbons (Fsp3) is 0.269. The third-order valence-corrected chi connectivity index (χ3v) is 6.79. The summed E-state index contributed by atoms with van der Waals surface area (Å²) < 4.78 is 39.6. The highest BCUT2D eigenvalue weighted by atomic mass is 32.2. The number of para-hydroxylation sites is 1. The molecule has 7 nitrogen and oxygen atoms in total. The number of methoxy groups -OCH3 is 1. The molecule has 3 rings (SSSR count). The van der Waals surface area contributed by atoms with Gasteiger partial charge in [0.05, 0.1) is 24.7 Å². The number of carbonyl (C=O) groups excluding carboxylic acids is 1. The highest BCUT2D eigenvalue weighted by molar-refractivity contribution is 7.89. The quantitative estimate of drug-likeness (QED) is 0.433. The molecule has 3 aromatic rings. The van der Waals surface area contributed by atoms with Crippen molar-refractivity contribution in [1.29, 1.82) is 0 Å². The number of hydrogen-bond donors (Lipinski definition) is 2. The van der Waals surface area contributed by atoms with Crippen LogP contribution in [0.5, 0.6) is 11.5 Å². The predicted octanol–water partition coefficient (Wildman–Crippen LogP) is 3.86. The summed E-state index contributed by atoms with van der Waals surface area (Å²) in [6, 6.07) is 21.4. The molecule has 0 aliphatic rings. The molecule has 0 aliphatic heterocycles. The van der Waals surface area contributed by atoms with Crippen molar-refractivity contribution in [3.63, 3.8) is 0 Å². The van der Waals surface area contributed by atoms with E-state index in [9.17, 15) is 13.2 Å². The molecule has 1 amide bonds. The lowest BCUT2D eigenvalue weighted by atomic mass is 10.0. The van der Waals surface area contributed by atoms with Crippen molar-refractivity contribution in [3.05, 3.63) is 90.0 Å². The van der Waals surface area contributed by atoms with Crippen LogP contribution in [0.15, 0.2) is 83.8 Å². The number of sulfonamides is 1. The molecule has 34 heavy (non-hydrogen) atoms. The molecule has 0 heterocycles. The smallest absolute Gasteiger partial charge is 0.241 e. The molecule has 0 saturated carbocycles. The van der Waals surface area contributed by atoms with Gasteiger partial charge in [0.25, 0.3) is 0 Å². The molecule has 2 atom stereocenters. The second-order valence-corrected chi connectivity index (χ2v) is 9.45. The molecule has 0 bridgehead atoms. The average Bonchev–Trinajstić information content (AvgIpc) is 2.84. The molecule has 0 radical (unpaired) electrons. The van der Waals surface area contributed by atoms with Crippen LogP contribution in [0.1, 0.15) is 31.0 Å². The molecule has 0 aliphatic carbocycles. The van der Waals surface area contributed by atoms with E-state index in [1.807, 2.05) is 68.4 Å². The first kappa shape index (κ1) is 25.3. The Kier molecular flexibility index (Phi) is 8.67. The molecule has 0 aromatic heterocycles. The van der Waals surface area contributed by atoms with Crippen molar-refractivity contribution in [2.24, 2.45) is 0 Å². The van der Waals surface area contributed by atoms with Crippen LogP contribution in [-0.2, 0) is 21.2 Å². The van der Waals surface area contributed by atoms with E-state index >= 15 is 0 Å². The lowest BCUT2D eigenvalue weighted by Crippen LogP contribution is -2.48. The van der Waals surface area contributed by atoms with E-state index in [0.717, 1.165) is 11.1 Å². The standard InChI is InChI=1S/C26H30N2O5S/c1-4-33-21-14-16-22(17-15-21)34(30,31)28-24(18-20-10-6-5-7-11-20)26(29)27-19(2)23-12-8-9-13-25(23)32-3/h5-17,19,24,28H,4,18H2,1-3H3,(H,27,29)/t19-,24-/m0/s1. The zero-order valence-corrected chi connectivity index (χ0v) is 20.3. The summed E-state index contributed by atoms with van der Waals surface area (Å²) in [4.78, 5) is 13.3. The summed E-state index contributed by atoms with van der Waals surface area (Å²) in [6.07, 6.45) is 0.196. The van der Waals surface area contributed by atoms with Crippen molar-refractivity contribution in [3.8, 4) is 11.5 Å². The van der Waals surface area contributed by atoms with E-state index in [4.69, 9.17) is 9.47 Å². The third kappa shape index (κ3) is 6.59. The molecule has 180 valence electrons. The Morgan fingerprint density at radius 1 is 0.941 bits per heavy atom. The fourth-order valence-electron chi connectivity index (χ4n) is 3.59. The van der Waals surface area contributed by atoms with Gasteiger partial charge >= 0.3 is 0 Å². The SMILES string of the molecule is CCOc1ccc(S(=O)(=O)N[C@@H](Cc2ccccc2)C(=O)N[C@@H](C)c2ccccc2OC)cc1. The van der Waals surface area contributed by atoms with Gasteiger partial charge < -0.3 is 14.8 Å². The Balaban J connectivity index is 1.83. The second kappa shape index (κ2) is 11.7. The summed E-state index contributed by atoms with van der Waals surface area (Å²) in [6.45, 7) is 4.16. The van der Waals surface area contributed by atoms with E-state index in [-0.39, 0.29) is 11.3 Å². The maximum absolute atomic E-state index is 13.3. The molecule has 0 fully saturated rings. The van der Waals surface area contributed by atoms with Crippen molar-refractivity contribution >= 4 is 15.9 Å². The predicted molar refractivity (Wildman–Crippen MR) is 131 cm³/mol. The molecule has 3 aromatic carbocycles. The maximum Gasteiger partial charge on any atom is 0.241 e. The summed E-state index contributed by atoms with van der Waals surface area (Å²) in [7, 11) is -2.39. The minimum absolute atomic E-state index is 0.0552. The number of nitrogens with one attached hydrogen (secondary N) is 2. The van der Waals surface area contributed by atoms with E-state index in [2.05, 4.69) is 10.0 Å². The van der Waals surface area contributed by atoms with E-state index < -0.39 is 28.0 Å². The average molecular weight is 483 g/mol. The molecule has 8 heteroatoms. The molecular weight excluding hydrogens is 452 g/mol. The monoisotopic (exact) mass is 482 g/mol. The van der Waals surface area contributed by atoms with Gasteiger partial charge in [-0.25, -0.2) is 8.42 Å². The zero-order valence-electron chi connectivity index (χ0n) is 19.5. The highest BCUT2D eigenvalue weighted by Gasteiger charge is 2.27. The molecule has 2 N–H and O–H groups in total. The van der Waals surface area contributed by atoms with Crippen molar-refractivity contribution in [2.75, 3.05) is 13.7 Å². The van der Waals surface area contributed by atoms with Gasteiger partial charge in [0.2, 0.25) is 15.9 Å². The Hall–Kier alpha value is -3.36. The minimum atomic E-state index is -3.96. The fourth-order valence-corrected chi connectivity index (χ4v) is 4.79. The Morgan fingerprint density at radius 3 is 2.24 bits per heavy atom. The van der Waals surface area contributed by atoms with Gasteiger partial charge in [-0.1, -0.05) is 48.5 Å². The molecule has 0 unspecified atom stereocenters. The Morgan fingerprint density at radius 2 is 1.59 bits per heavy atom. The van der Waals surface area contributed by atoms with Gasteiger partial charge in [-0.15, -0.1) is 0 Å². The number of hydrogen-bond acceptors (Lipinski definition) is 5. The number of benzene rings is 3. The van der Waals surface area contributed by atoms with Crippen LogP contribution in [0, 0.1) is 0 Å². The largest absolute Gasteiger partial charge is 0.496 e. The number of ether oxygens (including phenoxy) is 2.